The van der Waals surface area contributed by atoms with Crippen molar-refractivity contribution in [1.82, 2.24) is 4.72 Å². The number of hydrogen-bond donors (Lipinski definition) is 1. The van der Waals surface area contributed by atoms with Crippen molar-refractivity contribution in [3.63, 3.8) is 0 Å². The Bertz CT molecular complexity index is 335. The van der Waals surface area contributed by atoms with Crippen LogP contribution in [0.2, 0.25) is 0 Å². The van der Waals surface area contributed by atoms with Crippen molar-refractivity contribution in [1.29, 1.82) is 0 Å². The Labute approximate surface area is 98.3 Å². The van der Waals surface area contributed by atoms with Crippen molar-refractivity contribution in [2.24, 2.45) is 5.92 Å². The lowest BCUT2D eigenvalue weighted by molar-refractivity contribution is 0.306. The number of hydrogen-bond acceptors (Lipinski definition) is 3. The molecule has 16 heavy (non-hydrogen) atoms. The van der Waals surface area contributed by atoms with Crippen LogP contribution in [0.1, 0.15) is 46.0 Å². The molecule has 5 heteroatoms. The van der Waals surface area contributed by atoms with Gasteiger partial charge in [-0.15, -0.1) is 0 Å². The Hall–Kier alpha value is -0.550. The molecule has 0 aromatic rings. The van der Waals surface area contributed by atoms with Gasteiger partial charge >= 0.3 is 10.3 Å². The molecule has 1 atom stereocenters. The monoisotopic (exact) mass is 247 g/mol. The molecule has 1 saturated heterocycles. The molecule has 1 N–H and O–H groups in total. The van der Waals surface area contributed by atoms with Gasteiger partial charge in [0.15, 0.2) is 0 Å². The van der Waals surface area contributed by atoms with Crippen molar-refractivity contribution in [2.75, 3.05) is 6.61 Å². The average Bonchev–Trinajstić information content (AvgIpc) is 2.33. The summed E-state index contributed by atoms with van der Waals surface area (Å²) < 4.78 is 29.9. The van der Waals surface area contributed by atoms with E-state index in [1.54, 1.807) is 0 Å². The molecule has 1 rings (SSSR count). The van der Waals surface area contributed by atoms with Crippen LogP contribution in [0.3, 0.4) is 0 Å². The number of nitrogens with one attached hydrogen (secondary N) is 1. The van der Waals surface area contributed by atoms with E-state index < -0.39 is 10.3 Å². The lowest BCUT2D eigenvalue weighted by Gasteiger charge is -2.11. The third-order valence-electron chi connectivity index (χ3n) is 2.74. The molecule has 0 saturated carbocycles. The zero-order valence-electron chi connectivity index (χ0n) is 10.0. The minimum Gasteiger partial charge on any atom is -0.265 e. The molecule has 0 unspecified atom stereocenters. The molecule has 0 bridgehead atoms. The summed E-state index contributed by atoms with van der Waals surface area (Å²) in [5.41, 5.74) is 0.786. The first kappa shape index (κ1) is 13.5. The quantitative estimate of drug-likeness (QED) is 0.776. The van der Waals surface area contributed by atoms with Gasteiger partial charge in [0.05, 0.1) is 6.61 Å². The summed E-state index contributed by atoms with van der Waals surface area (Å²) >= 11 is 0. The number of unbranched alkanes of at least 4 members (excludes halogenated alkanes) is 3. The van der Waals surface area contributed by atoms with E-state index in [0.29, 0.717) is 0 Å². The molecule has 0 radical (unpaired) electrons. The summed E-state index contributed by atoms with van der Waals surface area (Å²) in [6.45, 7) is 4.43. The molecule has 0 amide bonds. The lowest BCUT2D eigenvalue weighted by Crippen LogP contribution is -2.24. The van der Waals surface area contributed by atoms with Crippen molar-refractivity contribution in [3.8, 4) is 0 Å². The predicted molar refractivity (Wildman–Crippen MR) is 64.0 cm³/mol. The third kappa shape index (κ3) is 4.53. The summed E-state index contributed by atoms with van der Waals surface area (Å²) in [7, 11) is -3.56. The second-order valence-corrected chi connectivity index (χ2v) is 5.57. The van der Waals surface area contributed by atoms with Gasteiger partial charge < -0.3 is 0 Å². The van der Waals surface area contributed by atoms with E-state index in [0.717, 1.165) is 25.0 Å². The normalized spacial score (nSPS) is 27.4. The second-order valence-electron chi connectivity index (χ2n) is 4.22. The highest BCUT2D eigenvalue weighted by Crippen LogP contribution is 2.19. The Morgan fingerprint density at radius 2 is 2.25 bits per heavy atom. The van der Waals surface area contributed by atoms with Gasteiger partial charge in [-0.1, -0.05) is 32.8 Å². The van der Waals surface area contributed by atoms with Crippen LogP contribution in [0.4, 0.5) is 0 Å². The molecule has 1 aliphatic rings. The molecule has 0 aromatic carbocycles. The first-order valence-electron chi connectivity index (χ1n) is 5.92. The SMILES string of the molecule is CCCCC/C=C1/NS(=O)(=O)OCC[C@H]1C. The van der Waals surface area contributed by atoms with E-state index in [2.05, 4.69) is 11.6 Å². The lowest BCUT2D eigenvalue weighted by atomic mass is 10.0. The highest BCUT2D eigenvalue weighted by molar-refractivity contribution is 7.84. The van der Waals surface area contributed by atoms with E-state index in [9.17, 15) is 8.42 Å². The summed E-state index contributed by atoms with van der Waals surface area (Å²) in [6, 6.07) is 0. The Kier molecular flexibility index (Phi) is 5.28. The Balaban J connectivity index is 2.60. The van der Waals surface area contributed by atoms with E-state index in [1.807, 2.05) is 13.0 Å². The van der Waals surface area contributed by atoms with Crippen LogP contribution in [-0.2, 0) is 14.5 Å². The highest BCUT2D eigenvalue weighted by atomic mass is 32.2. The van der Waals surface area contributed by atoms with Crippen LogP contribution < -0.4 is 4.72 Å². The summed E-state index contributed by atoms with van der Waals surface area (Å²) in [4.78, 5) is 0. The Morgan fingerprint density at radius 1 is 1.50 bits per heavy atom. The van der Waals surface area contributed by atoms with Gasteiger partial charge in [0, 0.05) is 5.70 Å². The fourth-order valence-electron chi connectivity index (χ4n) is 1.66. The van der Waals surface area contributed by atoms with Crippen LogP contribution in [0.15, 0.2) is 11.8 Å². The van der Waals surface area contributed by atoms with Gasteiger partial charge in [-0.3, -0.25) is 8.91 Å². The molecule has 0 spiro atoms. The van der Waals surface area contributed by atoms with Crippen LogP contribution >= 0.6 is 0 Å². The minimum absolute atomic E-state index is 0.221. The van der Waals surface area contributed by atoms with Gasteiger partial charge in [0.2, 0.25) is 0 Å². The molecule has 1 heterocycles. The third-order valence-corrected chi connectivity index (χ3v) is 3.70. The topological polar surface area (TPSA) is 55.4 Å². The molecule has 4 nitrogen and oxygen atoms in total. The number of allylic oxidation sites excluding steroid dienone is 2. The van der Waals surface area contributed by atoms with Crippen molar-refractivity contribution < 1.29 is 12.6 Å². The standard InChI is InChI=1S/C11H21NO3S/c1-3-4-5-6-7-11-10(2)8-9-15-16(13,14)12-11/h7,10,12H,3-6,8-9H2,1-2H3/b11-7+/t10-/m1/s1. The van der Waals surface area contributed by atoms with Crippen LogP contribution in [-0.4, -0.2) is 15.0 Å². The maximum Gasteiger partial charge on any atom is 0.359 e. The molecule has 1 aliphatic heterocycles. The maximum atomic E-state index is 11.3. The van der Waals surface area contributed by atoms with E-state index >= 15 is 0 Å². The zero-order chi connectivity index (χ0) is 12.0. The van der Waals surface area contributed by atoms with E-state index in [1.165, 1.54) is 12.8 Å². The summed E-state index contributed by atoms with van der Waals surface area (Å²) in [6.07, 6.45) is 7.12. The van der Waals surface area contributed by atoms with E-state index in [4.69, 9.17) is 4.18 Å². The van der Waals surface area contributed by atoms with Gasteiger partial charge in [0.1, 0.15) is 0 Å². The minimum atomic E-state index is -3.56. The summed E-state index contributed by atoms with van der Waals surface area (Å²) in [5, 5.41) is 0. The van der Waals surface area contributed by atoms with Gasteiger partial charge in [0.25, 0.3) is 0 Å². The fraction of sp³-hybridized carbons (Fsp3) is 0.818. The highest BCUT2D eigenvalue weighted by Gasteiger charge is 2.21. The van der Waals surface area contributed by atoms with Crippen LogP contribution in [0.5, 0.6) is 0 Å². The first-order chi connectivity index (χ1) is 7.55. The fourth-order valence-corrected chi connectivity index (χ4v) is 2.61. The molecule has 0 aliphatic carbocycles. The van der Waals surface area contributed by atoms with Gasteiger partial charge in [-0.05, 0) is 25.2 Å². The maximum absolute atomic E-state index is 11.3. The predicted octanol–water partition coefficient (Wildman–Crippen LogP) is 2.34. The number of rotatable bonds is 4. The molecular weight excluding hydrogens is 226 g/mol. The van der Waals surface area contributed by atoms with Crippen LogP contribution in [0, 0.1) is 5.92 Å². The van der Waals surface area contributed by atoms with Gasteiger partial charge in [-0.25, -0.2) is 0 Å². The van der Waals surface area contributed by atoms with Crippen LogP contribution in [0.25, 0.3) is 0 Å². The van der Waals surface area contributed by atoms with Gasteiger partial charge in [-0.2, -0.15) is 8.42 Å². The first-order valence-corrected chi connectivity index (χ1v) is 7.33. The smallest absolute Gasteiger partial charge is 0.265 e. The molecule has 0 aromatic heterocycles. The van der Waals surface area contributed by atoms with Crippen molar-refractivity contribution >= 4 is 10.3 Å². The zero-order valence-corrected chi connectivity index (χ0v) is 10.8. The molecular formula is C11H21NO3S. The molecule has 1 fully saturated rings. The molecule has 94 valence electrons. The average molecular weight is 247 g/mol. The largest absolute Gasteiger partial charge is 0.359 e. The van der Waals surface area contributed by atoms with Crippen molar-refractivity contribution in [2.45, 2.75) is 46.0 Å². The Morgan fingerprint density at radius 3 is 2.94 bits per heavy atom. The summed E-state index contributed by atoms with van der Waals surface area (Å²) in [5.74, 6) is 0.221. The second kappa shape index (κ2) is 6.25. The van der Waals surface area contributed by atoms with Crippen molar-refractivity contribution in [3.05, 3.63) is 11.8 Å². The van der Waals surface area contributed by atoms with E-state index in [-0.39, 0.29) is 12.5 Å².